The van der Waals surface area contributed by atoms with Gasteiger partial charge in [-0.05, 0) is 31.2 Å². The van der Waals surface area contributed by atoms with Gasteiger partial charge >= 0.3 is 0 Å². The Morgan fingerprint density at radius 2 is 1.84 bits per heavy atom. The van der Waals surface area contributed by atoms with Crippen LogP contribution in [0.15, 0.2) is 33.6 Å². The molecule has 0 N–H and O–H groups in total. The van der Waals surface area contributed by atoms with E-state index in [1.54, 1.807) is 19.1 Å². The average Bonchev–Trinajstić information content (AvgIpc) is 2.27. The first-order chi connectivity index (χ1) is 8.72. The van der Waals surface area contributed by atoms with Gasteiger partial charge in [-0.25, -0.2) is 16.8 Å². The van der Waals surface area contributed by atoms with E-state index in [4.69, 9.17) is 0 Å². The molecule has 106 valence electrons. The minimum absolute atomic E-state index is 0.0158. The second-order valence-electron chi connectivity index (χ2n) is 4.53. The van der Waals surface area contributed by atoms with Crippen LogP contribution in [0.25, 0.3) is 0 Å². The maximum absolute atomic E-state index is 12.4. The summed E-state index contributed by atoms with van der Waals surface area (Å²) in [7, 11) is -6.76. The third-order valence-corrected chi connectivity index (χ3v) is 7.38. The smallest absolute Gasteiger partial charge is 0.229 e. The summed E-state index contributed by atoms with van der Waals surface area (Å²) in [6, 6.07) is 5.79. The molecule has 1 atom stereocenters. The number of halogens is 1. The topological polar surface area (TPSA) is 71.5 Å². The highest BCUT2D eigenvalue weighted by molar-refractivity contribution is 9.10. The van der Waals surface area contributed by atoms with Gasteiger partial charge in [0.15, 0.2) is 9.84 Å². The van der Waals surface area contributed by atoms with Crippen molar-refractivity contribution in [1.82, 2.24) is 4.31 Å². The fraction of sp³-hybridized carbons (Fsp3) is 0.455. The standard InChI is InChI=1S/C11H14BrNO4S2/c1-9-8-18(14,15)7-6-13(9)19(16,17)11-4-2-10(12)3-5-11/h2-5,9H,6-8H2,1H3. The number of sulfonamides is 1. The van der Waals surface area contributed by atoms with Gasteiger partial charge in [-0.2, -0.15) is 4.31 Å². The van der Waals surface area contributed by atoms with Crippen LogP contribution < -0.4 is 0 Å². The molecule has 1 aliphatic rings. The normalized spacial score (nSPS) is 24.2. The lowest BCUT2D eigenvalue weighted by atomic mass is 10.4. The molecule has 1 saturated heterocycles. The molecule has 1 fully saturated rings. The van der Waals surface area contributed by atoms with Crippen molar-refractivity contribution in [3.05, 3.63) is 28.7 Å². The Bertz CT molecular complexity index is 667. The highest BCUT2D eigenvalue weighted by Crippen LogP contribution is 2.23. The molecule has 1 aromatic rings. The van der Waals surface area contributed by atoms with Crippen LogP contribution in [0.5, 0.6) is 0 Å². The third kappa shape index (κ3) is 3.18. The summed E-state index contributed by atoms with van der Waals surface area (Å²) in [5.41, 5.74) is 0. The molecular weight excluding hydrogens is 354 g/mol. The summed E-state index contributed by atoms with van der Waals surface area (Å²) in [5, 5.41) is 0. The zero-order valence-corrected chi connectivity index (χ0v) is 13.5. The highest BCUT2D eigenvalue weighted by Gasteiger charge is 2.36. The van der Waals surface area contributed by atoms with E-state index in [-0.39, 0.29) is 22.9 Å². The average molecular weight is 368 g/mol. The summed E-state index contributed by atoms with van der Waals surface area (Å²) < 4.78 is 49.9. The molecule has 1 unspecified atom stereocenters. The molecule has 0 saturated carbocycles. The largest absolute Gasteiger partial charge is 0.243 e. The highest BCUT2D eigenvalue weighted by atomic mass is 79.9. The molecule has 8 heteroatoms. The summed E-state index contributed by atoms with van der Waals surface area (Å²) in [4.78, 5) is 0.182. The van der Waals surface area contributed by atoms with Gasteiger partial charge < -0.3 is 0 Å². The van der Waals surface area contributed by atoms with Gasteiger partial charge in [0, 0.05) is 17.1 Å². The van der Waals surface area contributed by atoms with Gasteiger partial charge in [0.05, 0.1) is 16.4 Å². The Kier molecular flexibility index (Phi) is 4.06. The van der Waals surface area contributed by atoms with Crippen LogP contribution in [0, 0.1) is 0 Å². The van der Waals surface area contributed by atoms with Crippen molar-refractivity contribution < 1.29 is 16.8 Å². The van der Waals surface area contributed by atoms with Crippen molar-refractivity contribution >= 4 is 35.8 Å². The minimum Gasteiger partial charge on any atom is -0.229 e. The fourth-order valence-electron chi connectivity index (χ4n) is 2.08. The van der Waals surface area contributed by atoms with Crippen molar-refractivity contribution in [2.24, 2.45) is 0 Å². The van der Waals surface area contributed by atoms with E-state index in [9.17, 15) is 16.8 Å². The summed E-state index contributed by atoms with van der Waals surface area (Å²) in [6.07, 6.45) is 0. The number of nitrogens with zero attached hydrogens (tertiary/aromatic N) is 1. The summed E-state index contributed by atoms with van der Waals surface area (Å²) in [6.45, 7) is 1.63. The van der Waals surface area contributed by atoms with E-state index in [2.05, 4.69) is 15.9 Å². The molecule has 0 spiro atoms. The van der Waals surface area contributed by atoms with E-state index in [1.807, 2.05) is 0 Å². The molecule has 1 heterocycles. The van der Waals surface area contributed by atoms with Crippen LogP contribution in [0.3, 0.4) is 0 Å². The van der Waals surface area contributed by atoms with Crippen LogP contribution in [-0.2, 0) is 19.9 Å². The van der Waals surface area contributed by atoms with Crippen molar-refractivity contribution in [3.8, 4) is 0 Å². The van der Waals surface area contributed by atoms with Crippen LogP contribution in [0.1, 0.15) is 6.92 Å². The molecule has 1 aromatic carbocycles. The minimum atomic E-state index is -3.63. The molecule has 2 rings (SSSR count). The van der Waals surface area contributed by atoms with Gasteiger partial charge in [-0.1, -0.05) is 15.9 Å². The van der Waals surface area contributed by atoms with Crippen molar-refractivity contribution in [3.63, 3.8) is 0 Å². The van der Waals surface area contributed by atoms with Crippen molar-refractivity contribution in [2.75, 3.05) is 18.1 Å². The molecule has 0 amide bonds. The van der Waals surface area contributed by atoms with E-state index in [1.165, 1.54) is 16.4 Å². The lowest BCUT2D eigenvalue weighted by Gasteiger charge is -2.32. The van der Waals surface area contributed by atoms with E-state index in [0.717, 1.165) is 4.47 Å². The maximum atomic E-state index is 12.4. The molecule has 5 nitrogen and oxygen atoms in total. The first kappa shape index (κ1) is 15.0. The van der Waals surface area contributed by atoms with Crippen LogP contribution in [0.2, 0.25) is 0 Å². The monoisotopic (exact) mass is 367 g/mol. The van der Waals surface area contributed by atoms with Crippen LogP contribution in [0.4, 0.5) is 0 Å². The Labute approximate surface area is 121 Å². The molecule has 19 heavy (non-hydrogen) atoms. The molecule has 0 aliphatic carbocycles. The van der Waals surface area contributed by atoms with Gasteiger partial charge in [0.2, 0.25) is 10.0 Å². The van der Waals surface area contributed by atoms with E-state index >= 15 is 0 Å². The van der Waals surface area contributed by atoms with E-state index < -0.39 is 25.9 Å². The quantitative estimate of drug-likeness (QED) is 0.788. The Morgan fingerprint density at radius 1 is 1.26 bits per heavy atom. The summed E-state index contributed by atoms with van der Waals surface area (Å²) in [5.74, 6) is -0.240. The maximum Gasteiger partial charge on any atom is 0.243 e. The Balaban J connectivity index is 2.33. The lowest BCUT2D eigenvalue weighted by Crippen LogP contribution is -2.49. The lowest BCUT2D eigenvalue weighted by molar-refractivity contribution is 0.357. The number of sulfone groups is 1. The van der Waals surface area contributed by atoms with Crippen LogP contribution >= 0.6 is 15.9 Å². The van der Waals surface area contributed by atoms with Crippen molar-refractivity contribution in [2.45, 2.75) is 17.9 Å². The Morgan fingerprint density at radius 3 is 2.37 bits per heavy atom. The third-order valence-electron chi connectivity index (χ3n) is 3.03. The molecule has 1 aliphatic heterocycles. The number of rotatable bonds is 2. The van der Waals surface area contributed by atoms with Gasteiger partial charge in [0.25, 0.3) is 0 Å². The number of benzene rings is 1. The van der Waals surface area contributed by atoms with E-state index in [0.29, 0.717) is 0 Å². The van der Waals surface area contributed by atoms with Gasteiger partial charge in [-0.3, -0.25) is 0 Å². The van der Waals surface area contributed by atoms with Gasteiger partial charge in [0.1, 0.15) is 0 Å². The predicted octanol–water partition coefficient (Wildman–Crippen LogP) is 1.26. The predicted molar refractivity (Wildman–Crippen MR) is 76.1 cm³/mol. The second-order valence-corrected chi connectivity index (χ2v) is 9.57. The first-order valence-electron chi connectivity index (χ1n) is 5.70. The SMILES string of the molecule is CC1CS(=O)(=O)CCN1S(=O)(=O)c1ccc(Br)cc1. The van der Waals surface area contributed by atoms with Gasteiger partial charge in [-0.15, -0.1) is 0 Å². The Hall–Kier alpha value is -0.440. The summed E-state index contributed by atoms with van der Waals surface area (Å²) >= 11 is 3.25. The second kappa shape index (κ2) is 5.16. The molecule has 0 bridgehead atoms. The molecular formula is C11H14BrNO4S2. The molecule has 0 radical (unpaired) electrons. The fourth-order valence-corrected chi connectivity index (χ4v) is 5.74. The van der Waals surface area contributed by atoms with Crippen LogP contribution in [-0.4, -0.2) is 45.2 Å². The zero-order valence-electron chi connectivity index (χ0n) is 10.3. The zero-order chi connectivity index (χ0) is 14.3. The number of hydrogen-bond donors (Lipinski definition) is 0. The first-order valence-corrected chi connectivity index (χ1v) is 9.76. The number of hydrogen-bond acceptors (Lipinski definition) is 4. The van der Waals surface area contributed by atoms with Crippen molar-refractivity contribution in [1.29, 1.82) is 0 Å². The molecule has 0 aromatic heterocycles.